The smallest absolute Gasteiger partial charge is 0.374 e. The van der Waals surface area contributed by atoms with Gasteiger partial charge in [0.1, 0.15) is 0 Å². The van der Waals surface area contributed by atoms with Crippen molar-refractivity contribution in [3.05, 3.63) is 0 Å². The van der Waals surface area contributed by atoms with Gasteiger partial charge in [0.15, 0.2) is 4.90 Å². The van der Waals surface area contributed by atoms with Crippen LogP contribution in [0.5, 0.6) is 0 Å². The van der Waals surface area contributed by atoms with E-state index in [9.17, 15) is 9.13 Å². The second kappa shape index (κ2) is 16.5. The highest BCUT2D eigenvalue weighted by Crippen LogP contribution is 2.81. The zero-order chi connectivity index (χ0) is 27.2. The Hall–Kier alpha value is 0.494. The van der Waals surface area contributed by atoms with Gasteiger partial charge >= 0.3 is 32.8 Å². The van der Waals surface area contributed by atoms with Gasteiger partial charge in [0.05, 0.1) is 0 Å². The molecule has 0 aromatic carbocycles. The van der Waals surface area contributed by atoms with E-state index in [1.54, 1.807) is 41.5 Å². The summed E-state index contributed by atoms with van der Waals surface area (Å²) in [6.45, 7) is 12.0. The number of hydrogen-bond acceptors (Lipinski definition) is 12. The molecule has 212 valence electrons. The largest absolute Gasteiger partial charge is 0.502 e. The average Bonchev–Trinajstić information content (AvgIpc) is 2.83. The summed E-state index contributed by atoms with van der Waals surface area (Å²) in [5.74, 6) is 0. The maximum absolute atomic E-state index is 14.5. The quantitative estimate of drug-likeness (QED) is 0.129. The third-order valence-electron chi connectivity index (χ3n) is 5.17. The van der Waals surface area contributed by atoms with Gasteiger partial charge in [-0.3, -0.25) is 9.13 Å². The normalized spacial score (nSPS) is 14.0. The van der Waals surface area contributed by atoms with Gasteiger partial charge in [-0.25, -0.2) is 0 Å². The van der Waals surface area contributed by atoms with Crippen LogP contribution in [0.1, 0.15) is 41.5 Å². The van der Waals surface area contributed by atoms with Crippen molar-refractivity contribution in [2.45, 2.75) is 58.5 Å². The predicted molar refractivity (Wildman–Crippen MR) is 137 cm³/mol. The lowest BCUT2D eigenvalue weighted by Gasteiger charge is -2.46. The Kier molecular flexibility index (Phi) is 16.7. The summed E-state index contributed by atoms with van der Waals surface area (Å²) in [5.41, 5.74) is 0. The Morgan fingerprint density at radius 3 is 0.829 bits per heavy atom. The number of hydrogen-bond donors (Lipinski definition) is 0. The molecule has 0 aliphatic heterocycles. The molecule has 0 aromatic rings. The molecule has 0 saturated heterocycles. The van der Waals surface area contributed by atoms with Crippen LogP contribution in [0.3, 0.4) is 0 Å². The molecule has 0 aliphatic rings. The molecular formula is C19H46O12P2Si2. The molecular weight excluding hydrogens is 538 g/mol. The lowest BCUT2D eigenvalue weighted by molar-refractivity contribution is 0.0597. The summed E-state index contributed by atoms with van der Waals surface area (Å²) in [6, 6.07) is -0.592. The molecule has 0 bridgehead atoms. The minimum absolute atomic E-state index is 0.224. The van der Waals surface area contributed by atoms with Gasteiger partial charge in [-0.1, -0.05) is 0 Å². The summed E-state index contributed by atoms with van der Waals surface area (Å²) in [6.07, 6.45) is 0. The molecule has 0 N–H and O–H groups in total. The fourth-order valence-electron chi connectivity index (χ4n) is 4.00. The van der Waals surface area contributed by atoms with Crippen molar-refractivity contribution >= 4 is 32.8 Å². The standard InChI is InChI=1S/C19H46O12P2Si2/c1-11-26-34(27-12-2,28-13-3)17-19(32(20,22-7)23-8,33(21,24-9)25-10)18-35(29-14-4,30-15-5)31-16-6/h11-18H2,1-10H3. The maximum Gasteiger partial charge on any atom is 0.502 e. The van der Waals surface area contributed by atoms with E-state index in [2.05, 4.69) is 0 Å². The van der Waals surface area contributed by atoms with Gasteiger partial charge in [-0.2, -0.15) is 0 Å². The highest BCUT2D eigenvalue weighted by Gasteiger charge is 2.73. The van der Waals surface area contributed by atoms with Crippen molar-refractivity contribution in [1.29, 1.82) is 0 Å². The SMILES string of the molecule is CCO[Si](CC(C[Si](OCC)(OCC)OCC)(P(=O)(OC)OC)P(=O)(OC)OC)(OCC)OCC. The Balaban J connectivity index is 7.59. The molecule has 0 fully saturated rings. The second-order valence-electron chi connectivity index (χ2n) is 7.03. The van der Waals surface area contributed by atoms with Crippen LogP contribution in [0.2, 0.25) is 12.1 Å². The monoisotopic (exact) mass is 584 g/mol. The van der Waals surface area contributed by atoms with Crippen molar-refractivity contribution < 1.29 is 53.8 Å². The van der Waals surface area contributed by atoms with Gasteiger partial charge in [0.2, 0.25) is 0 Å². The molecule has 0 aliphatic carbocycles. The van der Waals surface area contributed by atoms with Crippen molar-refractivity contribution in [3.8, 4) is 0 Å². The second-order valence-corrected chi connectivity index (χ2v) is 17.7. The van der Waals surface area contributed by atoms with Crippen LogP contribution in [0.25, 0.3) is 0 Å². The van der Waals surface area contributed by atoms with Crippen LogP contribution in [0.4, 0.5) is 0 Å². The highest BCUT2D eigenvalue weighted by molar-refractivity contribution is 7.74. The number of rotatable bonds is 22. The van der Waals surface area contributed by atoms with Crippen LogP contribution in [0.15, 0.2) is 0 Å². The predicted octanol–water partition coefficient (Wildman–Crippen LogP) is 4.75. The minimum atomic E-state index is -4.34. The lowest BCUT2D eigenvalue weighted by Crippen LogP contribution is -2.57. The van der Waals surface area contributed by atoms with Gasteiger partial charge < -0.3 is 44.7 Å². The molecule has 16 heteroatoms. The van der Waals surface area contributed by atoms with E-state index in [4.69, 9.17) is 44.7 Å². The molecule has 0 heterocycles. The maximum atomic E-state index is 14.5. The summed E-state index contributed by atoms with van der Waals surface area (Å²) < 4.78 is 87.1. The Bertz CT molecular complexity index is 578. The fraction of sp³-hybridized carbons (Fsp3) is 1.00. The Labute approximate surface area is 213 Å². The summed E-state index contributed by atoms with van der Waals surface area (Å²) in [5, 5.41) is 0. The third kappa shape index (κ3) is 8.24. The fourth-order valence-corrected chi connectivity index (χ4v) is 18.9. The Morgan fingerprint density at radius 1 is 0.486 bits per heavy atom. The first kappa shape index (κ1) is 35.5. The first-order valence-electron chi connectivity index (χ1n) is 11.8. The van der Waals surface area contributed by atoms with Crippen molar-refractivity contribution in [1.82, 2.24) is 0 Å². The molecule has 0 saturated carbocycles. The average molecular weight is 585 g/mol. The molecule has 0 radical (unpaired) electrons. The molecule has 0 aromatic heterocycles. The topological polar surface area (TPSA) is 126 Å². The van der Waals surface area contributed by atoms with Crippen molar-refractivity contribution in [3.63, 3.8) is 0 Å². The Morgan fingerprint density at radius 2 is 0.686 bits per heavy atom. The zero-order valence-corrected chi connectivity index (χ0v) is 26.7. The van der Waals surface area contributed by atoms with E-state index in [1.165, 1.54) is 28.4 Å². The van der Waals surface area contributed by atoms with E-state index in [1.807, 2.05) is 0 Å². The molecule has 0 spiro atoms. The highest BCUT2D eigenvalue weighted by atomic mass is 31.2. The molecule has 0 rings (SSSR count). The van der Waals surface area contributed by atoms with E-state index < -0.39 is 37.7 Å². The first-order chi connectivity index (χ1) is 16.5. The van der Waals surface area contributed by atoms with Crippen molar-refractivity contribution in [2.75, 3.05) is 68.1 Å². The van der Waals surface area contributed by atoms with E-state index in [0.717, 1.165) is 0 Å². The molecule has 35 heavy (non-hydrogen) atoms. The van der Waals surface area contributed by atoms with E-state index in [0.29, 0.717) is 0 Å². The lowest BCUT2D eigenvalue weighted by atomic mass is 10.5. The molecule has 12 nitrogen and oxygen atoms in total. The summed E-state index contributed by atoms with van der Waals surface area (Å²) in [7, 11) is -11.3. The zero-order valence-electron chi connectivity index (χ0n) is 23.0. The van der Waals surface area contributed by atoms with Gasteiger partial charge in [0, 0.05) is 80.2 Å². The van der Waals surface area contributed by atoms with E-state index in [-0.39, 0.29) is 51.7 Å². The van der Waals surface area contributed by atoms with Crippen LogP contribution in [-0.2, 0) is 53.8 Å². The first-order valence-corrected chi connectivity index (χ1v) is 18.7. The van der Waals surface area contributed by atoms with Crippen molar-refractivity contribution in [2.24, 2.45) is 0 Å². The van der Waals surface area contributed by atoms with Crippen LogP contribution >= 0.6 is 15.2 Å². The van der Waals surface area contributed by atoms with Gasteiger partial charge in [-0.05, 0) is 41.5 Å². The molecule has 0 unspecified atom stereocenters. The van der Waals surface area contributed by atoms with E-state index >= 15 is 0 Å². The molecule has 0 amide bonds. The van der Waals surface area contributed by atoms with Gasteiger partial charge in [-0.15, -0.1) is 0 Å². The summed E-state index contributed by atoms with van der Waals surface area (Å²) >= 11 is 0. The third-order valence-corrected chi connectivity index (χ3v) is 18.9. The van der Waals surface area contributed by atoms with Crippen LogP contribution in [0, 0.1) is 0 Å². The minimum Gasteiger partial charge on any atom is -0.374 e. The molecule has 0 atom stereocenters. The van der Waals surface area contributed by atoms with Crippen LogP contribution < -0.4 is 0 Å². The van der Waals surface area contributed by atoms with Crippen LogP contribution in [-0.4, -0.2) is 90.6 Å². The summed E-state index contributed by atoms with van der Waals surface area (Å²) in [4.78, 5) is -2.02. The van der Waals surface area contributed by atoms with Gasteiger partial charge in [0.25, 0.3) is 0 Å².